The standard InChI is InChI=1S/C16H13ClN4O4/c17-13-7-5-11(6-8-13)16(23)18-10-15(22)20-19-9-12-3-1-2-4-14(12)21(24)25/h1-9H,10H2,(H,18,23)(H,20,22). The zero-order valence-corrected chi connectivity index (χ0v) is 13.6. The summed E-state index contributed by atoms with van der Waals surface area (Å²) in [6.45, 7) is -0.296. The minimum absolute atomic E-state index is 0.128. The Morgan fingerprint density at radius 1 is 1.16 bits per heavy atom. The number of para-hydroxylation sites is 1. The van der Waals surface area contributed by atoms with E-state index in [1.807, 2.05) is 0 Å². The summed E-state index contributed by atoms with van der Waals surface area (Å²) in [7, 11) is 0. The average Bonchev–Trinajstić information content (AvgIpc) is 2.60. The van der Waals surface area contributed by atoms with E-state index in [9.17, 15) is 19.7 Å². The molecule has 0 aliphatic rings. The van der Waals surface area contributed by atoms with E-state index in [1.54, 1.807) is 18.2 Å². The van der Waals surface area contributed by atoms with E-state index in [2.05, 4.69) is 15.8 Å². The van der Waals surface area contributed by atoms with Crippen molar-refractivity contribution in [3.63, 3.8) is 0 Å². The first-order valence-electron chi connectivity index (χ1n) is 7.06. The minimum atomic E-state index is -0.572. The molecule has 0 aliphatic carbocycles. The van der Waals surface area contributed by atoms with Crippen LogP contribution in [-0.4, -0.2) is 29.5 Å². The highest BCUT2D eigenvalue weighted by Crippen LogP contribution is 2.15. The van der Waals surface area contributed by atoms with E-state index < -0.39 is 16.7 Å². The van der Waals surface area contributed by atoms with Crippen LogP contribution in [0.1, 0.15) is 15.9 Å². The summed E-state index contributed by atoms with van der Waals surface area (Å²) in [5, 5.41) is 17.4. The van der Waals surface area contributed by atoms with E-state index in [-0.39, 0.29) is 17.8 Å². The van der Waals surface area contributed by atoms with Crippen LogP contribution >= 0.6 is 11.6 Å². The third-order valence-electron chi connectivity index (χ3n) is 3.04. The molecule has 9 heteroatoms. The number of hydrogen-bond acceptors (Lipinski definition) is 5. The van der Waals surface area contributed by atoms with Gasteiger partial charge in [-0.3, -0.25) is 19.7 Å². The highest BCUT2D eigenvalue weighted by atomic mass is 35.5. The van der Waals surface area contributed by atoms with E-state index in [0.717, 1.165) is 6.21 Å². The summed E-state index contributed by atoms with van der Waals surface area (Å²) in [5.41, 5.74) is 2.67. The van der Waals surface area contributed by atoms with Gasteiger partial charge in [-0.2, -0.15) is 5.10 Å². The fourth-order valence-corrected chi connectivity index (χ4v) is 1.97. The number of amides is 2. The fraction of sp³-hybridized carbons (Fsp3) is 0.0625. The van der Waals surface area contributed by atoms with Crippen LogP contribution in [0.15, 0.2) is 53.6 Å². The molecule has 0 bridgehead atoms. The van der Waals surface area contributed by atoms with Crippen LogP contribution in [0, 0.1) is 10.1 Å². The second kappa shape index (κ2) is 8.55. The molecule has 0 saturated carbocycles. The van der Waals surface area contributed by atoms with Crippen LogP contribution in [0.5, 0.6) is 0 Å². The topological polar surface area (TPSA) is 114 Å². The van der Waals surface area contributed by atoms with Crippen LogP contribution in [0.3, 0.4) is 0 Å². The van der Waals surface area contributed by atoms with E-state index >= 15 is 0 Å². The van der Waals surface area contributed by atoms with Crippen molar-refractivity contribution >= 4 is 35.3 Å². The fourth-order valence-electron chi connectivity index (χ4n) is 1.84. The maximum Gasteiger partial charge on any atom is 0.278 e. The third-order valence-corrected chi connectivity index (χ3v) is 3.29. The SMILES string of the molecule is O=C(CNC(=O)c1ccc(Cl)cc1)NN=Cc1ccccc1[N+](=O)[O-]. The van der Waals surface area contributed by atoms with Gasteiger partial charge in [0.25, 0.3) is 17.5 Å². The first-order chi connectivity index (χ1) is 12.0. The normalized spacial score (nSPS) is 10.4. The molecule has 0 heterocycles. The second-order valence-electron chi connectivity index (χ2n) is 4.80. The molecule has 2 rings (SSSR count). The number of carbonyl (C=O) groups excluding carboxylic acids is 2. The Bertz CT molecular complexity index is 821. The van der Waals surface area contributed by atoms with E-state index in [1.165, 1.54) is 30.3 Å². The minimum Gasteiger partial charge on any atom is -0.343 e. The number of carbonyl (C=O) groups is 2. The number of nitro benzene ring substituents is 1. The quantitative estimate of drug-likeness (QED) is 0.466. The Morgan fingerprint density at radius 3 is 2.52 bits per heavy atom. The van der Waals surface area contributed by atoms with Crippen LogP contribution in [0.25, 0.3) is 0 Å². The van der Waals surface area contributed by atoms with Gasteiger partial charge < -0.3 is 5.32 Å². The van der Waals surface area contributed by atoms with Crippen molar-refractivity contribution in [1.29, 1.82) is 0 Å². The first kappa shape index (κ1) is 18.1. The van der Waals surface area contributed by atoms with Gasteiger partial charge in [-0.15, -0.1) is 0 Å². The molecule has 0 fully saturated rings. The number of nitro groups is 1. The lowest BCUT2D eigenvalue weighted by Crippen LogP contribution is -2.34. The summed E-state index contributed by atoms with van der Waals surface area (Å²) in [6.07, 6.45) is 1.16. The number of nitrogens with one attached hydrogen (secondary N) is 2. The van der Waals surface area contributed by atoms with Crippen molar-refractivity contribution in [1.82, 2.24) is 10.7 Å². The van der Waals surface area contributed by atoms with Gasteiger partial charge in [-0.1, -0.05) is 23.7 Å². The molecule has 2 N–H and O–H groups in total. The van der Waals surface area contributed by atoms with Crippen molar-refractivity contribution in [2.45, 2.75) is 0 Å². The van der Waals surface area contributed by atoms with Crippen molar-refractivity contribution in [3.05, 3.63) is 74.8 Å². The lowest BCUT2D eigenvalue weighted by atomic mass is 10.2. The molecule has 128 valence electrons. The summed E-state index contributed by atoms with van der Waals surface area (Å²) in [5.74, 6) is -1.01. The van der Waals surface area contributed by atoms with Gasteiger partial charge in [0.05, 0.1) is 23.2 Å². The maximum absolute atomic E-state index is 11.8. The number of hydrazone groups is 1. The molecule has 25 heavy (non-hydrogen) atoms. The number of rotatable bonds is 6. The largest absolute Gasteiger partial charge is 0.343 e. The van der Waals surface area contributed by atoms with Gasteiger partial charge in [0.2, 0.25) is 0 Å². The number of hydrogen-bond donors (Lipinski definition) is 2. The van der Waals surface area contributed by atoms with Gasteiger partial charge in [0.15, 0.2) is 0 Å². The molecule has 0 radical (unpaired) electrons. The molecule has 0 saturated heterocycles. The third kappa shape index (κ3) is 5.40. The van der Waals surface area contributed by atoms with Gasteiger partial charge in [0, 0.05) is 16.7 Å². The molecule has 2 aromatic rings. The zero-order valence-electron chi connectivity index (χ0n) is 12.8. The van der Waals surface area contributed by atoms with Crippen LogP contribution in [0.4, 0.5) is 5.69 Å². The molecular formula is C16H13ClN4O4. The summed E-state index contributed by atoms with van der Waals surface area (Å²) < 4.78 is 0. The smallest absolute Gasteiger partial charge is 0.278 e. The molecule has 0 spiro atoms. The Kier molecular flexibility index (Phi) is 6.19. The Labute approximate surface area is 147 Å². The molecule has 8 nitrogen and oxygen atoms in total. The van der Waals surface area contributed by atoms with Gasteiger partial charge in [-0.25, -0.2) is 5.43 Å². The lowest BCUT2D eigenvalue weighted by Gasteiger charge is -2.04. The Balaban J connectivity index is 1.86. The highest BCUT2D eigenvalue weighted by Gasteiger charge is 2.10. The van der Waals surface area contributed by atoms with Crippen molar-refractivity contribution < 1.29 is 14.5 Å². The second-order valence-corrected chi connectivity index (χ2v) is 5.24. The molecule has 0 aromatic heterocycles. The van der Waals surface area contributed by atoms with Crippen molar-refractivity contribution in [3.8, 4) is 0 Å². The molecule has 0 atom stereocenters. The van der Waals surface area contributed by atoms with E-state index in [4.69, 9.17) is 11.6 Å². The van der Waals surface area contributed by atoms with E-state index in [0.29, 0.717) is 10.6 Å². The van der Waals surface area contributed by atoms with Crippen LogP contribution < -0.4 is 10.7 Å². The highest BCUT2D eigenvalue weighted by molar-refractivity contribution is 6.30. The molecular weight excluding hydrogens is 348 g/mol. The predicted octanol–water partition coefficient (Wildman–Crippen LogP) is 2.13. The van der Waals surface area contributed by atoms with Gasteiger partial charge >= 0.3 is 0 Å². The zero-order chi connectivity index (χ0) is 18.2. The van der Waals surface area contributed by atoms with Gasteiger partial charge in [-0.05, 0) is 30.3 Å². The molecule has 0 unspecified atom stereocenters. The lowest BCUT2D eigenvalue weighted by molar-refractivity contribution is -0.385. The first-order valence-corrected chi connectivity index (χ1v) is 7.44. The van der Waals surface area contributed by atoms with Crippen LogP contribution in [-0.2, 0) is 4.79 Å². The summed E-state index contributed by atoms with van der Waals surface area (Å²) >= 11 is 5.73. The average molecular weight is 361 g/mol. The molecule has 2 aromatic carbocycles. The molecule has 2 amide bonds. The van der Waals surface area contributed by atoms with Crippen LogP contribution in [0.2, 0.25) is 5.02 Å². The Morgan fingerprint density at radius 2 is 1.84 bits per heavy atom. The number of halogens is 1. The van der Waals surface area contributed by atoms with Crippen molar-refractivity contribution in [2.75, 3.05) is 6.54 Å². The summed E-state index contributed by atoms with van der Waals surface area (Å²) in [4.78, 5) is 33.8. The van der Waals surface area contributed by atoms with Crippen molar-refractivity contribution in [2.24, 2.45) is 5.10 Å². The monoisotopic (exact) mass is 360 g/mol. The number of benzene rings is 2. The number of nitrogens with zero attached hydrogens (tertiary/aromatic N) is 2. The summed E-state index contributed by atoms with van der Waals surface area (Å²) in [6, 6.07) is 12.2. The maximum atomic E-state index is 11.8. The van der Waals surface area contributed by atoms with Gasteiger partial charge in [0.1, 0.15) is 0 Å². The molecule has 0 aliphatic heterocycles. The predicted molar refractivity (Wildman–Crippen MR) is 92.6 cm³/mol. The Hall–Kier alpha value is -3.26.